The van der Waals surface area contributed by atoms with Gasteiger partial charge in [0.15, 0.2) is 9.84 Å². The minimum absolute atomic E-state index is 0.0540. The highest BCUT2D eigenvalue weighted by Crippen LogP contribution is 2.31. The number of sulfone groups is 1. The summed E-state index contributed by atoms with van der Waals surface area (Å²) in [7, 11) is -3.51. The molecule has 1 aromatic rings. The third kappa shape index (κ3) is 4.52. The Balaban J connectivity index is 1.49. The monoisotopic (exact) mass is 384 g/mol. The van der Waals surface area contributed by atoms with Crippen LogP contribution in [0.25, 0.3) is 0 Å². The topological polar surface area (TPSA) is 74.8 Å². The van der Waals surface area contributed by atoms with Crippen molar-refractivity contribution >= 4 is 33.3 Å². The lowest BCUT2D eigenvalue weighted by Crippen LogP contribution is -2.51. The molecule has 136 valence electrons. The number of hydrogen-bond acceptors (Lipinski definition) is 4. The highest BCUT2D eigenvalue weighted by molar-refractivity contribution is 7.91. The van der Waals surface area contributed by atoms with E-state index in [0.717, 1.165) is 12.8 Å². The molecule has 0 spiro atoms. The van der Waals surface area contributed by atoms with Crippen LogP contribution in [0, 0.1) is 5.92 Å². The minimum atomic E-state index is -3.51. The lowest BCUT2D eigenvalue weighted by Gasteiger charge is -2.35. The first-order chi connectivity index (χ1) is 11.9. The van der Waals surface area contributed by atoms with Gasteiger partial charge in [-0.15, -0.1) is 0 Å². The van der Waals surface area contributed by atoms with Gasteiger partial charge in [0.1, 0.15) is 0 Å². The van der Waals surface area contributed by atoms with E-state index in [1.807, 2.05) is 4.90 Å². The molecular formula is C17H21ClN2O4S. The Bertz CT molecular complexity index is 751. The summed E-state index contributed by atoms with van der Waals surface area (Å²) in [6.07, 6.45) is 1.89. The van der Waals surface area contributed by atoms with E-state index >= 15 is 0 Å². The number of hydrogen-bond donors (Lipinski definition) is 0. The molecule has 0 N–H and O–H groups in total. The lowest BCUT2D eigenvalue weighted by molar-refractivity contribution is -0.140. The second-order valence-electron chi connectivity index (χ2n) is 6.50. The van der Waals surface area contributed by atoms with Gasteiger partial charge in [0.25, 0.3) is 0 Å². The van der Waals surface area contributed by atoms with Crippen molar-refractivity contribution in [2.75, 3.05) is 31.9 Å². The SMILES string of the molecule is O=C(CCS(=O)(=O)c1ccc(Cl)cc1)N1CCN(C(=O)C2CC2)CC1. The molecule has 2 fully saturated rings. The molecular weight excluding hydrogens is 364 g/mol. The second kappa shape index (κ2) is 7.33. The summed E-state index contributed by atoms with van der Waals surface area (Å²) in [5.41, 5.74) is 0. The Labute approximate surface area is 152 Å². The fraction of sp³-hybridized carbons (Fsp3) is 0.529. The number of halogens is 1. The van der Waals surface area contributed by atoms with Gasteiger partial charge in [-0.25, -0.2) is 8.42 Å². The van der Waals surface area contributed by atoms with Crippen molar-refractivity contribution < 1.29 is 18.0 Å². The summed E-state index contributed by atoms with van der Waals surface area (Å²) in [5.74, 6) is -0.0328. The van der Waals surface area contributed by atoms with Crippen molar-refractivity contribution in [3.63, 3.8) is 0 Å². The number of piperazine rings is 1. The average molecular weight is 385 g/mol. The van der Waals surface area contributed by atoms with Gasteiger partial charge in [-0.3, -0.25) is 9.59 Å². The Morgan fingerprint density at radius 3 is 2.12 bits per heavy atom. The fourth-order valence-corrected chi connectivity index (χ4v) is 4.26. The van der Waals surface area contributed by atoms with Gasteiger partial charge < -0.3 is 9.80 Å². The number of benzene rings is 1. The van der Waals surface area contributed by atoms with Crippen molar-refractivity contribution in [3.05, 3.63) is 29.3 Å². The van der Waals surface area contributed by atoms with E-state index in [-0.39, 0.29) is 34.8 Å². The van der Waals surface area contributed by atoms with Crippen LogP contribution in [0.2, 0.25) is 5.02 Å². The lowest BCUT2D eigenvalue weighted by atomic mass is 10.2. The van der Waals surface area contributed by atoms with Crippen molar-refractivity contribution in [3.8, 4) is 0 Å². The Kier molecular flexibility index (Phi) is 5.34. The van der Waals surface area contributed by atoms with Crippen LogP contribution < -0.4 is 0 Å². The number of nitrogens with zero attached hydrogens (tertiary/aromatic N) is 2. The van der Waals surface area contributed by atoms with E-state index < -0.39 is 9.84 Å². The Morgan fingerprint density at radius 2 is 1.56 bits per heavy atom. The zero-order valence-corrected chi connectivity index (χ0v) is 15.4. The standard InChI is InChI=1S/C17H21ClN2O4S/c18-14-3-5-15(6-4-14)25(23,24)12-7-16(21)19-8-10-20(11-9-19)17(22)13-1-2-13/h3-6,13H,1-2,7-12H2. The molecule has 6 nitrogen and oxygen atoms in total. The zero-order valence-electron chi connectivity index (χ0n) is 13.9. The highest BCUT2D eigenvalue weighted by Gasteiger charge is 2.35. The fourth-order valence-electron chi connectivity index (χ4n) is 2.90. The molecule has 1 heterocycles. The molecule has 0 aromatic heterocycles. The maximum absolute atomic E-state index is 12.3. The minimum Gasteiger partial charge on any atom is -0.339 e. The van der Waals surface area contributed by atoms with Crippen molar-refractivity contribution in [1.29, 1.82) is 0 Å². The van der Waals surface area contributed by atoms with Gasteiger partial charge >= 0.3 is 0 Å². The molecule has 1 aliphatic heterocycles. The maximum atomic E-state index is 12.3. The van der Waals surface area contributed by atoms with Gasteiger partial charge in [0, 0.05) is 43.5 Å². The van der Waals surface area contributed by atoms with Crippen LogP contribution in [0.15, 0.2) is 29.2 Å². The van der Waals surface area contributed by atoms with Gasteiger partial charge in [0.05, 0.1) is 10.6 Å². The quantitative estimate of drug-likeness (QED) is 0.772. The van der Waals surface area contributed by atoms with E-state index in [1.54, 1.807) is 4.90 Å². The zero-order chi connectivity index (χ0) is 18.0. The second-order valence-corrected chi connectivity index (χ2v) is 9.05. The van der Waals surface area contributed by atoms with Gasteiger partial charge in [0.2, 0.25) is 11.8 Å². The summed E-state index contributed by atoms with van der Waals surface area (Å²) < 4.78 is 24.6. The van der Waals surface area contributed by atoms with Gasteiger partial charge in [-0.1, -0.05) is 11.6 Å². The first-order valence-corrected chi connectivity index (χ1v) is 10.4. The number of carbonyl (C=O) groups is 2. The molecule has 0 atom stereocenters. The largest absolute Gasteiger partial charge is 0.339 e. The predicted octanol–water partition coefficient (Wildman–Crippen LogP) is 1.58. The molecule has 8 heteroatoms. The van der Waals surface area contributed by atoms with E-state index in [9.17, 15) is 18.0 Å². The van der Waals surface area contributed by atoms with Crippen LogP contribution in [-0.2, 0) is 19.4 Å². The molecule has 1 saturated heterocycles. The van der Waals surface area contributed by atoms with E-state index in [1.165, 1.54) is 24.3 Å². The molecule has 1 saturated carbocycles. The molecule has 2 aliphatic rings. The van der Waals surface area contributed by atoms with Crippen LogP contribution >= 0.6 is 11.6 Å². The van der Waals surface area contributed by atoms with Crippen LogP contribution in [0.3, 0.4) is 0 Å². The van der Waals surface area contributed by atoms with Crippen LogP contribution in [0.5, 0.6) is 0 Å². The summed E-state index contributed by atoms with van der Waals surface area (Å²) in [6, 6.07) is 5.94. The summed E-state index contributed by atoms with van der Waals surface area (Å²) in [4.78, 5) is 27.9. The molecule has 3 rings (SSSR count). The molecule has 25 heavy (non-hydrogen) atoms. The maximum Gasteiger partial charge on any atom is 0.225 e. The van der Waals surface area contributed by atoms with Crippen LogP contribution in [0.4, 0.5) is 0 Å². The van der Waals surface area contributed by atoms with Crippen LogP contribution in [-0.4, -0.2) is 62.0 Å². The van der Waals surface area contributed by atoms with Crippen molar-refractivity contribution in [2.45, 2.75) is 24.2 Å². The summed E-state index contributed by atoms with van der Waals surface area (Å²) in [5, 5.41) is 0.466. The number of amides is 2. The number of rotatable bonds is 5. The Morgan fingerprint density at radius 1 is 1.00 bits per heavy atom. The normalized spacial score (nSPS) is 18.3. The van der Waals surface area contributed by atoms with Crippen molar-refractivity contribution in [2.24, 2.45) is 5.92 Å². The molecule has 0 bridgehead atoms. The molecule has 0 radical (unpaired) electrons. The molecule has 2 amide bonds. The first-order valence-electron chi connectivity index (χ1n) is 8.42. The molecule has 0 unspecified atom stereocenters. The van der Waals surface area contributed by atoms with Gasteiger partial charge in [-0.05, 0) is 37.1 Å². The van der Waals surface area contributed by atoms with Crippen LogP contribution in [0.1, 0.15) is 19.3 Å². The highest BCUT2D eigenvalue weighted by atomic mass is 35.5. The summed E-state index contributed by atoms with van der Waals surface area (Å²) in [6.45, 7) is 2.01. The van der Waals surface area contributed by atoms with E-state index in [2.05, 4.69) is 0 Å². The Hall–Kier alpha value is -1.60. The molecule has 1 aromatic carbocycles. The van der Waals surface area contributed by atoms with E-state index in [0.29, 0.717) is 31.2 Å². The number of carbonyl (C=O) groups excluding carboxylic acids is 2. The van der Waals surface area contributed by atoms with Gasteiger partial charge in [-0.2, -0.15) is 0 Å². The first kappa shape index (κ1) is 18.2. The summed E-state index contributed by atoms with van der Waals surface area (Å²) >= 11 is 5.76. The average Bonchev–Trinajstić information content (AvgIpc) is 3.45. The van der Waals surface area contributed by atoms with Crippen molar-refractivity contribution in [1.82, 2.24) is 9.80 Å². The third-order valence-corrected chi connectivity index (χ3v) is 6.61. The molecule has 1 aliphatic carbocycles. The smallest absolute Gasteiger partial charge is 0.225 e. The van der Waals surface area contributed by atoms with E-state index in [4.69, 9.17) is 11.6 Å². The third-order valence-electron chi connectivity index (χ3n) is 4.63. The predicted molar refractivity (Wildman–Crippen MR) is 94.0 cm³/mol.